The Labute approximate surface area is 152 Å². The number of likely N-dealkylation sites (N-methyl/N-ethyl adjacent to an activating group) is 1. The molecule has 0 spiro atoms. The first kappa shape index (κ1) is 20.4. The lowest BCUT2D eigenvalue weighted by Gasteiger charge is -2.34. The maximum absolute atomic E-state index is 12.8. The number of piperidine rings is 1. The van der Waals surface area contributed by atoms with Crippen molar-refractivity contribution >= 4 is 11.7 Å². The maximum atomic E-state index is 12.8. The van der Waals surface area contributed by atoms with Crippen molar-refractivity contribution in [2.24, 2.45) is 5.92 Å². The van der Waals surface area contributed by atoms with Crippen LogP contribution in [-0.4, -0.2) is 54.7 Å². The largest absolute Gasteiger partial charge is 0.416 e. The van der Waals surface area contributed by atoms with E-state index in [4.69, 9.17) is 0 Å². The summed E-state index contributed by atoms with van der Waals surface area (Å²) in [5.41, 5.74) is 0.0571. The van der Waals surface area contributed by atoms with Crippen molar-refractivity contribution < 1.29 is 22.8 Å². The molecule has 0 aliphatic carbocycles. The molecule has 1 aromatic carbocycles. The molecule has 0 saturated carbocycles. The number of benzene rings is 1. The summed E-state index contributed by atoms with van der Waals surface area (Å²) in [6.45, 7) is 4.16. The number of likely N-dealkylation sites (tertiary alicyclic amines) is 1. The topological polar surface area (TPSA) is 40.6 Å². The maximum Gasteiger partial charge on any atom is 0.416 e. The molecule has 1 aliphatic heterocycles. The molecule has 4 nitrogen and oxygen atoms in total. The Hall–Kier alpha value is -1.89. The van der Waals surface area contributed by atoms with Gasteiger partial charge in [-0.15, -0.1) is 0 Å². The molecular weight excluding hydrogens is 345 g/mol. The van der Waals surface area contributed by atoms with E-state index in [1.54, 1.807) is 13.1 Å². The van der Waals surface area contributed by atoms with Crippen molar-refractivity contribution in [1.29, 1.82) is 0 Å². The van der Waals surface area contributed by atoms with Crippen LogP contribution in [0.15, 0.2) is 24.3 Å². The van der Waals surface area contributed by atoms with Gasteiger partial charge in [-0.1, -0.05) is 18.2 Å². The van der Waals surface area contributed by atoms with E-state index in [-0.39, 0.29) is 5.92 Å². The van der Waals surface area contributed by atoms with Crippen LogP contribution in [0.4, 0.5) is 13.2 Å². The monoisotopic (exact) mass is 370 g/mol. The summed E-state index contributed by atoms with van der Waals surface area (Å²) >= 11 is 0. The minimum atomic E-state index is -4.32. The van der Waals surface area contributed by atoms with E-state index in [0.717, 1.165) is 32.0 Å². The molecule has 1 aromatic rings. The van der Waals surface area contributed by atoms with Gasteiger partial charge < -0.3 is 9.80 Å². The highest BCUT2D eigenvalue weighted by molar-refractivity contribution is 6.34. The Kier molecular flexibility index (Phi) is 6.81. The number of hydrogen-bond acceptors (Lipinski definition) is 3. The smallest absolute Gasteiger partial charge is 0.339 e. The standard InChI is InChI=1S/C19H25F3N2O2/c1-14(25)18(26)23(2)12-16-6-4-9-24(13-16)10-8-15-5-3-7-17(11-15)19(20,21)22/h3,5,7,11,16H,4,6,8-10,12-13H2,1-2H3. The predicted molar refractivity (Wildman–Crippen MR) is 92.6 cm³/mol. The van der Waals surface area contributed by atoms with Gasteiger partial charge in [0, 0.05) is 33.6 Å². The molecule has 1 unspecified atom stereocenters. The fraction of sp³-hybridized carbons (Fsp3) is 0.579. The number of nitrogens with zero attached hydrogens (tertiary/aromatic N) is 2. The molecular formula is C19H25F3N2O2. The average Bonchev–Trinajstić information content (AvgIpc) is 2.59. The lowest BCUT2D eigenvalue weighted by atomic mass is 9.97. The fourth-order valence-electron chi connectivity index (χ4n) is 3.43. The SMILES string of the molecule is CC(=O)C(=O)N(C)CC1CCCN(CCc2cccc(C(F)(F)F)c2)C1. The molecule has 1 atom stereocenters. The molecule has 7 heteroatoms. The minimum Gasteiger partial charge on any atom is -0.339 e. The fourth-order valence-corrected chi connectivity index (χ4v) is 3.43. The van der Waals surface area contributed by atoms with Crippen LogP contribution in [0.1, 0.15) is 30.9 Å². The van der Waals surface area contributed by atoms with Gasteiger partial charge in [-0.25, -0.2) is 0 Å². The molecule has 144 valence electrons. The number of Topliss-reactive ketones (excluding diaryl/α,β-unsaturated/α-hetero) is 1. The van der Waals surface area contributed by atoms with Gasteiger partial charge in [0.2, 0.25) is 5.78 Å². The van der Waals surface area contributed by atoms with Gasteiger partial charge in [-0.2, -0.15) is 13.2 Å². The Morgan fingerprint density at radius 2 is 2.04 bits per heavy atom. The van der Waals surface area contributed by atoms with Crippen molar-refractivity contribution in [2.45, 2.75) is 32.4 Å². The van der Waals surface area contributed by atoms with Crippen LogP contribution in [0.2, 0.25) is 0 Å². The van der Waals surface area contributed by atoms with E-state index in [9.17, 15) is 22.8 Å². The lowest BCUT2D eigenvalue weighted by molar-refractivity contribution is -0.143. The van der Waals surface area contributed by atoms with Gasteiger partial charge in [-0.3, -0.25) is 9.59 Å². The Bertz CT molecular complexity index is 646. The van der Waals surface area contributed by atoms with Crippen molar-refractivity contribution in [2.75, 3.05) is 33.2 Å². The van der Waals surface area contributed by atoms with Gasteiger partial charge in [0.15, 0.2) is 0 Å². The van der Waals surface area contributed by atoms with Crippen molar-refractivity contribution in [3.63, 3.8) is 0 Å². The van der Waals surface area contributed by atoms with Crippen molar-refractivity contribution in [3.8, 4) is 0 Å². The minimum absolute atomic E-state index is 0.276. The second-order valence-electron chi connectivity index (χ2n) is 7.00. The first-order valence-corrected chi connectivity index (χ1v) is 8.81. The van der Waals surface area contributed by atoms with E-state index in [1.807, 2.05) is 0 Å². The summed E-state index contributed by atoms with van der Waals surface area (Å²) in [4.78, 5) is 26.5. The lowest BCUT2D eigenvalue weighted by Crippen LogP contribution is -2.43. The Balaban J connectivity index is 1.87. The molecule has 0 radical (unpaired) electrons. The predicted octanol–water partition coefficient (Wildman–Crippen LogP) is 3.01. The molecule has 0 N–H and O–H groups in total. The number of ketones is 1. The number of amides is 1. The zero-order chi connectivity index (χ0) is 19.3. The van der Waals surface area contributed by atoms with Gasteiger partial charge in [-0.05, 0) is 43.4 Å². The number of halogens is 3. The zero-order valence-electron chi connectivity index (χ0n) is 15.2. The van der Waals surface area contributed by atoms with Crippen LogP contribution in [0.5, 0.6) is 0 Å². The third-order valence-corrected chi connectivity index (χ3v) is 4.75. The quantitative estimate of drug-likeness (QED) is 0.723. The third kappa shape index (κ3) is 5.83. The van der Waals surface area contributed by atoms with E-state index >= 15 is 0 Å². The molecule has 0 bridgehead atoms. The average molecular weight is 370 g/mol. The number of alkyl halides is 3. The van der Waals surface area contributed by atoms with E-state index in [2.05, 4.69) is 4.90 Å². The van der Waals surface area contributed by atoms with E-state index in [0.29, 0.717) is 25.1 Å². The Morgan fingerprint density at radius 3 is 2.69 bits per heavy atom. The highest BCUT2D eigenvalue weighted by Gasteiger charge is 2.30. The number of carbonyl (C=O) groups is 2. The molecule has 1 heterocycles. The van der Waals surface area contributed by atoms with Gasteiger partial charge in [0.25, 0.3) is 5.91 Å². The highest BCUT2D eigenvalue weighted by Crippen LogP contribution is 2.29. The zero-order valence-corrected chi connectivity index (χ0v) is 15.2. The summed E-state index contributed by atoms with van der Waals surface area (Å²) < 4.78 is 38.4. The Morgan fingerprint density at radius 1 is 1.31 bits per heavy atom. The van der Waals surface area contributed by atoms with Crippen LogP contribution in [-0.2, 0) is 22.2 Å². The van der Waals surface area contributed by atoms with Crippen LogP contribution < -0.4 is 0 Å². The van der Waals surface area contributed by atoms with Gasteiger partial charge >= 0.3 is 6.18 Å². The van der Waals surface area contributed by atoms with E-state index < -0.39 is 23.4 Å². The van der Waals surface area contributed by atoms with Crippen LogP contribution >= 0.6 is 0 Å². The second kappa shape index (κ2) is 8.66. The summed E-state index contributed by atoms with van der Waals surface area (Å²) in [5, 5.41) is 0. The van der Waals surface area contributed by atoms with Crippen LogP contribution in [0.3, 0.4) is 0 Å². The van der Waals surface area contributed by atoms with Crippen molar-refractivity contribution in [1.82, 2.24) is 9.80 Å². The number of carbonyl (C=O) groups excluding carboxylic acids is 2. The summed E-state index contributed by atoms with van der Waals surface area (Å²) in [5.74, 6) is -0.672. The summed E-state index contributed by atoms with van der Waals surface area (Å²) in [6.07, 6.45) is -1.80. The van der Waals surface area contributed by atoms with Crippen LogP contribution in [0.25, 0.3) is 0 Å². The molecule has 1 fully saturated rings. The van der Waals surface area contributed by atoms with Crippen molar-refractivity contribution in [3.05, 3.63) is 35.4 Å². The van der Waals surface area contributed by atoms with Gasteiger partial charge in [0.1, 0.15) is 0 Å². The normalized spacial score (nSPS) is 18.6. The van der Waals surface area contributed by atoms with Gasteiger partial charge in [0.05, 0.1) is 5.56 Å². The molecule has 0 aromatic heterocycles. The number of rotatable bonds is 6. The van der Waals surface area contributed by atoms with Crippen LogP contribution in [0, 0.1) is 5.92 Å². The summed E-state index contributed by atoms with van der Waals surface area (Å²) in [6, 6.07) is 5.46. The second-order valence-corrected chi connectivity index (χ2v) is 7.00. The third-order valence-electron chi connectivity index (χ3n) is 4.75. The molecule has 1 aliphatic rings. The van der Waals surface area contributed by atoms with E-state index in [1.165, 1.54) is 24.0 Å². The number of hydrogen-bond donors (Lipinski definition) is 0. The molecule has 1 saturated heterocycles. The first-order chi connectivity index (χ1) is 12.2. The first-order valence-electron chi connectivity index (χ1n) is 8.81. The summed E-state index contributed by atoms with van der Waals surface area (Å²) in [7, 11) is 1.63. The molecule has 26 heavy (non-hydrogen) atoms. The molecule has 2 rings (SSSR count). The highest BCUT2D eigenvalue weighted by atomic mass is 19.4. The molecule has 1 amide bonds.